The molecule has 0 saturated carbocycles. The SMILES string of the molecule is CC(C)(C(N)=S)N1CCN(C(=O)c2cn[nH]c2)CC1. The van der Waals surface area contributed by atoms with Crippen LogP contribution in [0.3, 0.4) is 0 Å². The molecule has 19 heavy (non-hydrogen) atoms. The number of thiocarbonyl (C=S) groups is 1. The Morgan fingerprint density at radius 2 is 2.05 bits per heavy atom. The third-order valence-electron chi connectivity index (χ3n) is 3.71. The predicted molar refractivity (Wildman–Crippen MR) is 76.9 cm³/mol. The molecular weight excluding hydrogens is 262 g/mol. The van der Waals surface area contributed by atoms with Crippen LogP contribution in [0.5, 0.6) is 0 Å². The van der Waals surface area contributed by atoms with E-state index in [1.165, 1.54) is 0 Å². The van der Waals surface area contributed by atoms with Crippen LogP contribution in [-0.4, -0.2) is 62.6 Å². The number of nitrogens with zero attached hydrogens (tertiary/aromatic N) is 3. The van der Waals surface area contributed by atoms with Gasteiger partial charge >= 0.3 is 0 Å². The number of carbonyl (C=O) groups excluding carboxylic acids is 1. The number of rotatable bonds is 3. The van der Waals surface area contributed by atoms with Gasteiger partial charge in [0, 0.05) is 32.4 Å². The molecule has 1 amide bonds. The Balaban J connectivity index is 1.96. The zero-order valence-corrected chi connectivity index (χ0v) is 12.0. The molecule has 7 heteroatoms. The topological polar surface area (TPSA) is 78.2 Å². The Morgan fingerprint density at radius 1 is 1.42 bits per heavy atom. The lowest BCUT2D eigenvalue weighted by Gasteiger charge is -2.43. The maximum Gasteiger partial charge on any atom is 0.257 e. The minimum atomic E-state index is -0.305. The van der Waals surface area contributed by atoms with Crippen LogP contribution in [0, 0.1) is 0 Å². The van der Waals surface area contributed by atoms with Gasteiger partial charge in [-0.15, -0.1) is 0 Å². The average molecular weight is 281 g/mol. The lowest BCUT2D eigenvalue weighted by molar-refractivity contribution is 0.0539. The number of hydrogen-bond acceptors (Lipinski definition) is 4. The summed E-state index contributed by atoms with van der Waals surface area (Å²) in [6, 6.07) is 0. The first-order chi connectivity index (χ1) is 8.93. The highest BCUT2D eigenvalue weighted by atomic mass is 32.1. The van der Waals surface area contributed by atoms with Crippen molar-refractivity contribution >= 4 is 23.1 Å². The van der Waals surface area contributed by atoms with Gasteiger partial charge in [0.15, 0.2) is 0 Å². The molecule has 0 spiro atoms. The second-order valence-corrected chi connectivity index (χ2v) is 5.63. The van der Waals surface area contributed by atoms with Gasteiger partial charge < -0.3 is 10.6 Å². The molecule has 1 aromatic heterocycles. The number of H-pyrrole nitrogens is 1. The lowest BCUT2D eigenvalue weighted by atomic mass is 10.0. The van der Waals surface area contributed by atoms with Crippen LogP contribution in [0.2, 0.25) is 0 Å². The van der Waals surface area contributed by atoms with Crippen molar-refractivity contribution in [1.29, 1.82) is 0 Å². The van der Waals surface area contributed by atoms with Crippen LogP contribution in [0.4, 0.5) is 0 Å². The van der Waals surface area contributed by atoms with Crippen molar-refractivity contribution in [1.82, 2.24) is 20.0 Å². The largest absolute Gasteiger partial charge is 0.392 e. The van der Waals surface area contributed by atoms with E-state index in [0.29, 0.717) is 23.6 Å². The monoisotopic (exact) mass is 281 g/mol. The van der Waals surface area contributed by atoms with Gasteiger partial charge in [-0.2, -0.15) is 5.10 Å². The fourth-order valence-electron chi connectivity index (χ4n) is 2.17. The van der Waals surface area contributed by atoms with Crippen molar-refractivity contribution < 1.29 is 4.79 Å². The summed E-state index contributed by atoms with van der Waals surface area (Å²) in [6.45, 7) is 6.93. The van der Waals surface area contributed by atoms with Gasteiger partial charge in [0.2, 0.25) is 0 Å². The van der Waals surface area contributed by atoms with Crippen molar-refractivity contribution in [3.63, 3.8) is 0 Å². The summed E-state index contributed by atoms with van der Waals surface area (Å²) in [6.07, 6.45) is 3.17. The molecule has 6 nitrogen and oxygen atoms in total. The highest BCUT2D eigenvalue weighted by Crippen LogP contribution is 2.18. The molecule has 1 aliphatic rings. The standard InChI is InChI=1S/C12H19N5OS/c1-12(2,11(13)19)17-5-3-16(4-6-17)10(18)9-7-14-15-8-9/h7-8H,3-6H2,1-2H3,(H2,13,19)(H,14,15). The number of nitrogens with one attached hydrogen (secondary N) is 1. The quantitative estimate of drug-likeness (QED) is 0.776. The van der Waals surface area contributed by atoms with E-state index in [2.05, 4.69) is 15.1 Å². The van der Waals surface area contributed by atoms with E-state index in [9.17, 15) is 4.79 Å². The fraction of sp³-hybridized carbons (Fsp3) is 0.583. The molecule has 1 fully saturated rings. The highest BCUT2D eigenvalue weighted by molar-refractivity contribution is 7.80. The Hall–Kier alpha value is -1.47. The fourth-order valence-corrected chi connectivity index (χ4v) is 2.30. The van der Waals surface area contributed by atoms with Crippen LogP contribution in [0.15, 0.2) is 12.4 Å². The molecule has 3 N–H and O–H groups in total. The van der Waals surface area contributed by atoms with Crippen LogP contribution in [0.1, 0.15) is 24.2 Å². The zero-order valence-electron chi connectivity index (χ0n) is 11.2. The van der Waals surface area contributed by atoms with Crippen LogP contribution < -0.4 is 5.73 Å². The molecule has 2 rings (SSSR count). The first-order valence-electron chi connectivity index (χ1n) is 6.26. The van der Waals surface area contributed by atoms with Crippen molar-refractivity contribution in [3.8, 4) is 0 Å². The smallest absolute Gasteiger partial charge is 0.257 e. The van der Waals surface area contributed by atoms with Crippen molar-refractivity contribution in [3.05, 3.63) is 18.0 Å². The Labute approximate surface area is 117 Å². The van der Waals surface area contributed by atoms with Gasteiger partial charge in [0.25, 0.3) is 5.91 Å². The molecule has 0 radical (unpaired) electrons. The average Bonchev–Trinajstić information content (AvgIpc) is 2.91. The summed E-state index contributed by atoms with van der Waals surface area (Å²) < 4.78 is 0. The number of amides is 1. The third kappa shape index (κ3) is 2.76. The summed E-state index contributed by atoms with van der Waals surface area (Å²) in [5.74, 6) is 0.0153. The minimum absolute atomic E-state index is 0.0153. The van der Waals surface area contributed by atoms with Gasteiger partial charge in [-0.25, -0.2) is 0 Å². The van der Waals surface area contributed by atoms with Crippen molar-refractivity contribution in [2.75, 3.05) is 26.2 Å². The van der Waals surface area contributed by atoms with Crippen molar-refractivity contribution in [2.45, 2.75) is 19.4 Å². The van der Waals surface area contributed by atoms with E-state index in [4.69, 9.17) is 18.0 Å². The van der Waals surface area contributed by atoms with E-state index in [-0.39, 0.29) is 11.4 Å². The van der Waals surface area contributed by atoms with Crippen molar-refractivity contribution in [2.24, 2.45) is 5.73 Å². The number of carbonyl (C=O) groups is 1. The Bertz CT molecular complexity index is 462. The molecule has 0 atom stereocenters. The van der Waals surface area contributed by atoms with E-state index < -0.39 is 0 Å². The molecule has 0 aliphatic carbocycles. The number of nitrogens with two attached hydrogens (primary N) is 1. The second kappa shape index (κ2) is 5.26. The van der Waals surface area contributed by atoms with E-state index >= 15 is 0 Å². The maximum atomic E-state index is 12.1. The summed E-state index contributed by atoms with van der Waals surface area (Å²) in [4.78, 5) is 16.7. The maximum absolute atomic E-state index is 12.1. The lowest BCUT2D eigenvalue weighted by Crippen LogP contribution is -2.59. The molecule has 1 saturated heterocycles. The molecule has 0 unspecified atom stereocenters. The molecule has 104 valence electrons. The van der Waals surface area contributed by atoms with E-state index in [1.54, 1.807) is 12.4 Å². The van der Waals surface area contributed by atoms with Gasteiger partial charge in [0.1, 0.15) is 0 Å². The van der Waals surface area contributed by atoms with Crippen LogP contribution >= 0.6 is 12.2 Å². The molecule has 2 heterocycles. The van der Waals surface area contributed by atoms with Crippen LogP contribution in [0.25, 0.3) is 0 Å². The Morgan fingerprint density at radius 3 is 2.53 bits per heavy atom. The van der Waals surface area contributed by atoms with E-state index in [1.807, 2.05) is 18.7 Å². The van der Waals surface area contributed by atoms with Crippen LogP contribution in [-0.2, 0) is 0 Å². The highest BCUT2D eigenvalue weighted by Gasteiger charge is 2.33. The second-order valence-electron chi connectivity index (χ2n) is 5.19. The first kappa shape index (κ1) is 14.0. The number of piperazine rings is 1. The molecule has 1 aliphatic heterocycles. The van der Waals surface area contributed by atoms with Gasteiger partial charge in [-0.05, 0) is 13.8 Å². The van der Waals surface area contributed by atoms with Gasteiger partial charge in [-0.1, -0.05) is 12.2 Å². The number of hydrogen-bond donors (Lipinski definition) is 2. The van der Waals surface area contributed by atoms with Gasteiger partial charge in [-0.3, -0.25) is 14.8 Å². The normalized spacial score (nSPS) is 17.5. The minimum Gasteiger partial charge on any atom is -0.392 e. The summed E-state index contributed by atoms with van der Waals surface area (Å²) >= 11 is 5.10. The number of aromatic amines is 1. The summed E-state index contributed by atoms with van der Waals surface area (Å²) in [5.41, 5.74) is 6.06. The molecule has 1 aromatic rings. The molecule has 0 bridgehead atoms. The van der Waals surface area contributed by atoms with Gasteiger partial charge in [0.05, 0.1) is 22.3 Å². The number of aromatic nitrogens is 2. The third-order valence-corrected chi connectivity index (χ3v) is 4.21. The summed E-state index contributed by atoms with van der Waals surface area (Å²) in [7, 11) is 0. The molecule has 0 aromatic carbocycles. The summed E-state index contributed by atoms with van der Waals surface area (Å²) in [5, 5.41) is 6.46. The Kier molecular flexibility index (Phi) is 3.86. The van der Waals surface area contributed by atoms with E-state index in [0.717, 1.165) is 13.1 Å². The molecular formula is C12H19N5OS. The zero-order chi connectivity index (χ0) is 14.0. The first-order valence-corrected chi connectivity index (χ1v) is 6.67. The predicted octanol–water partition coefficient (Wildman–Crippen LogP) is 0.232.